The summed E-state index contributed by atoms with van der Waals surface area (Å²) >= 11 is 0. The van der Waals surface area contributed by atoms with Crippen molar-refractivity contribution < 1.29 is 0 Å². The van der Waals surface area contributed by atoms with Gasteiger partial charge in [0.2, 0.25) is 0 Å². The zero-order valence-corrected chi connectivity index (χ0v) is 8.54. The number of imidazole rings is 1. The molecule has 0 aromatic carbocycles. The summed E-state index contributed by atoms with van der Waals surface area (Å²) in [5, 5.41) is 3.11. The van der Waals surface area contributed by atoms with Crippen molar-refractivity contribution in [2.45, 2.75) is 13.3 Å². The molecule has 0 radical (unpaired) electrons. The van der Waals surface area contributed by atoms with Gasteiger partial charge in [-0.25, -0.2) is 4.98 Å². The largest absolute Gasteiger partial charge is 0.334 e. The molecule has 3 nitrogen and oxygen atoms in total. The van der Waals surface area contributed by atoms with Crippen molar-refractivity contribution >= 4 is 5.57 Å². The van der Waals surface area contributed by atoms with Crippen LogP contribution in [0.25, 0.3) is 5.57 Å². The van der Waals surface area contributed by atoms with E-state index in [9.17, 15) is 0 Å². The van der Waals surface area contributed by atoms with Crippen LogP contribution in [0.15, 0.2) is 18.5 Å². The Bertz CT molecular complexity index is 286. The first-order valence-corrected chi connectivity index (χ1v) is 4.54. The van der Waals surface area contributed by atoms with Crippen LogP contribution >= 0.6 is 0 Å². The molecule has 0 fully saturated rings. The molecule has 13 heavy (non-hydrogen) atoms. The summed E-state index contributed by atoms with van der Waals surface area (Å²) in [7, 11) is 3.97. The fourth-order valence-corrected chi connectivity index (χ4v) is 1.27. The molecular formula is C10H17N3. The highest BCUT2D eigenvalue weighted by atomic mass is 15.0. The monoisotopic (exact) mass is 179 g/mol. The Morgan fingerprint density at radius 1 is 1.69 bits per heavy atom. The van der Waals surface area contributed by atoms with Gasteiger partial charge >= 0.3 is 0 Å². The second-order valence-corrected chi connectivity index (χ2v) is 3.14. The lowest BCUT2D eigenvalue weighted by Crippen LogP contribution is -2.06. The minimum Gasteiger partial charge on any atom is -0.334 e. The smallest absolute Gasteiger partial charge is 0.134 e. The van der Waals surface area contributed by atoms with E-state index in [1.54, 1.807) is 0 Å². The summed E-state index contributed by atoms with van der Waals surface area (Å²) in [6.07, 6.45) is 7.05. The van der Waals surface area contributed by atoms with E-state index in [-0.39, 0.29) is 0 Å². The molecule has 0 aliphatic heterocycles. The summed E-state index contributed by atoms with van der Waals surface area (Å²) in [6.45, 7) is 3.11. The van der Waals surface area contributed by atoms with Crippen LogP contribution in [0.4, 0.5) is 0 Å². The molecule has 0 aliphatic rings. The van der Waals surface area contributed by atoms with Crippen LogP contribution < -0.4 is 5.32 Å². The van der Waals surface area contributed by atoms with Crippen LogP contribution in [0.2, 0.25) is 0 Å². The topological polar surface area (TPSA) is 29.9 Å². The van der Waals surface area contributed by atoms with E-state index in [1.807, 2.05) is 31.1 Å². The normalized spacial score (nSPS) is 12.1. The van der Waals surface area contributed by atoms with E-state index in [1.165, 1.54) is 5.57 Å². The second-order valence-electron chi connectivity index (χ2n) is 3.14. The van der Waals surface area contributed by atoms with Gasteiger partial charge in [-0.2, -0.15) is 0 Å². The van der Waals surface area contributed by atoms with Crippen molar-refractivity contribution in [3.8, 4) is 0 Å². The van der Waals surface area contributed by atoms with Gasteiger partial charge in [-0.05, 0) is 32.5 Å². The number of hydrogen-bond acceptors (Lipinski definition) is 2. The quantitative estimate of drug-likeness (QED) is 0.709. The summed E-state index contributed by atoms with van der Waals surface area (Å²) in [6, 6.07) is 0. The highest BCUT2D eigenvalue weighted by molar-refractivity contribution is 5.57. The molecule has 3 heteroatoms. The molecule has 72 valence electrons. The molecule has 0 spiro atoms. The molecule has 1 aromatic heterocycles. The lowest BCUT2D eigenvalue weighted by molar-refractivity contribution is 0.806. The molecule has 1 heterocycles. The maximum Gasteiger partial charge on any atom is 0.134 e. The molecule has 0 saturated heterocycles. The summed E-state index contributed by atoms with van der Waals surface area (Å²) in [5.41, 5.74) is 1.24. The standard InChI is InChI=1S/C10H17N3/c1-9(5-4-6-11-2)10-12-7-8-13(10)3/h5,7-8,11H,4,6H2,1-3H3. The zero-order chi connectivity index (χ0) is 9.68. The van der Waals surface area contributed by atoms with Crippen LogP contribution in [-0.2, 0) is 7.05 Å². The zero-order valence-electron chi connectivity index (χ0n) is 8.54. The van der Waals surface area contributed by atoms with Crippen LogP contribution in [0.1, 0.15) is 19.2 Å². The third-order valence-electron chi connectivity index (χ3n) is 2.02. The minimum atomic E-state index is 1.02. The van der Waals surface area contributed by atoms with Crippen LogP contribution in [0.3, 0.4) is 0 Å². The van der Waals surface area contributed by atoms with E-state index in [0.29, 0.717) is 0 Å². The van der Waals surface area contributed by atoms with Crippen molar-refractivity contribution in [2.24, 2.45) is 7.05 Å². The average Bonchev–Trinajstić information content (AvgIpc) is 2.52. The third-order valence-corrected chi connectivity index (χ3v) is 2.02. The van der Waals surface area contributed by atoms with E-state index in [2.05, 4.69) is 23.3 Å². The third kappa shape index (κ3) is 2.70. The Hall–Kier alpha value is -1.09. The van der Waals surface area contributed by atoms with Gasteiger partial charge in [0.15, 0.2) is 0 Å². The predicted molar refractivity (Wildman–Crippen MR) is 55.4 cm³/mol. The molecule has 0 atom stereocenters. The van der Waals surface area contributed by atoms with Crippen molar-refractivity contribution in [1.29, 1.82) is 0 Å². The van der Waals surface area contributed by atoms with Gasteiger partial charge in [0.05, 0.1) is 0 Å². The van der Waals surface area contributed by atoms with Gasteiger partial charge in [0.1, 0.15) is 5.82 Å². The highest BCUT2D eigenvalue weighted by Crippen LogP contribution is 2.10. The van der Waals surface area contributed by atoms with Gasteiger partial charge < -0.3 is 9.88 Å². The van der Waals surface area contributed by atoms with E-state index < -0.39 is 0 Å². The molecule has 0 aliphatic carbocycles. The first kappa shape index (κ1) is 9.99. The van der Waals surface area contributed by atoms with Gasteiger partial charge in [-0.1, -0.05) is 6.08 Å². The van der Waals surface area contributed by atoms with Crippen LogP contribution in [0, 0.1) is 0 Å². The molecule has 0 saturated carbocycles. The minimum absolute atomic E-state index is 1.02. The lowest BCUT2D eigenvalue weighted by Gasteiger charge is -2.01. The van der Waals surface area contributed by atoms with Crippen molar-refractivity contribution in [3.63, 3.8) is 0 Å². The number of nitrogens with one attached hydrogen (secondary N) is 1. The molecule has 1 aromatic rings. The highest BCUT2D eigenvalue weighted by Gasteiger charge is 1.99. The Balaban J connectivity index is 2.62. The maximum atomic E-state index is 4.27. The number of aromatic nitrogens is 2. The number of aryl methyl sites for hydroxylation is 1. The number of allylic oxidation sites excluding steroid dienone is 1. The van der Waals surface area contributed by atoms with E-state index in [0.717, 1.165) is 18.8 Å². The Morgan fingerprint density at radius 2 is 2.46 bits per heavy atom. The molecule has 0 unspecified atom stereocenters. The fourth-order valence-electron chi connectivity index (χ4n) is 1.27. The molecular weight excluding hydrogens is 162 g/mol. The molecule has 0 amide bonds. The Labute approximate surface area is 79.5 Å². The van der Waals surface area contributed by atoms with Gasteiger partial charge in [-0.15, -0.1) is 0 Å². The Morgan fingerprint density at radius 3 is 3.00 bits per heavy atom. The average molecular weight is 179 g/mol. The van der Waals surface area contributed by atoms with Gasteiger partial charge in [0, 0.05) is 19.4 Å². The molecule has 1 rings (SSSR count). The first-order chi connectivity index (χ1) is 6.25. The summed E-state index contributed by atoms with van der Waals surface area (Å²) in [4.78, 5) is 4.27. The maximum absolute atomic E-state index is 4.27. The number of rotatable bonds is 4. The molecule has 0 bridgehead atoms. The predicted octanol–water partition coefficient (Wildman–Crippen LogP) is 1.43. The van der Waals surface area contributed by atoms with Gasteiger partial charge in [-0.3, -0.25) is 0 Å². The first-order valence-electron chi connectivity index (χ1n) is 4.54. The Kier molecular flexibility index (Phi) is 3.71. The number of hydrogen-bond donors (Lipinski definition) is 1. The summed E-state index contributed by atoms with van der Waals surface area (Å²) in [5.74, 6) is 1.05. The van der Waals surface area contributed by atoms with E-state index >= 15 is 0 Å². The van der Waals surface area contributed by atoms with Crippen molar-refractivity contribution in [2.75, 3.05) is 13.6 Å². The lowest BCUT2D eigenvalue weighted by atomic mass is 10.2. The molecule has 1 N–H and O–H groups in total. The van der Waals surface area contributed by atoms with Crippen LogP contribution in [-0.4, -0.2) is 23.1 Å². The number of nitrogens with zero attached hydrogens (tertiary/aromatic N) is 2. The van der Waals surface area contributed by atoms with E-state index in [4.69, 9.17) is 0 Å². The van der Waals surface area contributed by atoms with Crippen molar-refractivity contribution in [3.05, 3.63) is 24.3 Å². The van der Waals surface area contributed by atoms with Crippen molar-refractivity contribution in [1.82, 2.24) is 14.9 Å². The second kappa shape index (κ2) is 4.82. The summed E-state index contributed by atoms with van der Waals surface area (Å²) < 4.78 is 2.03. The van der Waals surface area contributed by atoms with Crippen LogP contribution in [0.5, 0.6) is 0 Å². The van der Waals surface area contributed by atoms with Gasteiger partial charge in [0.25, 0.3) is 0 Å². The SMILES string of the molecule is CNCCC=C(C)c1nccn1C. The fraction of sp³-hybridized carbons (Fsp3) is 0.500.